The summed E-state index contributed by atoms with van der Waals surface area (Å²) in [5.74, 6) is 0.137. The molecule has 0 bridgehead atoms. The van der Waals surface area contributed by atoms with Crippen LogP contribution in [-0.4, -0.2) is 41.9 Å². The molecule has 2 N–H and O–H groups in total. The summed E-state index contributed by atoms with van der Waals surface area (Å²) in [6, 6.07) is 6.58. The number of nitrogens with zero attached hydrogens (tertiary/aromatic N) is 1. The lowest BCUT2D eigenvalue weighted by atomic mass is 9.96. The van der Waals surface area contributed by atoms with E-state index in [-0.39, 0.29) is 30.3 Å². The van der Waals surface area contributed by atoms with Crippen LogP contribution in [-0.2, 0) is 9.59 Å². The average molecular weight is 345 g/mol. The highest BCUT2D eigenvalue weighted by molar-refractivity contribution is 6.09. The molecule has 25 heavy (non-hydrogen) atoms. The highest BCUT2D eigenvalue weighted by Crippen LogP contribution is 2.42. The van der Waals surface area contributed by atoms with Crippen molar-refractivity contribution >= 4 is 17.8 Å². The number of amides is 4. The molecule has 2 aliphatic rings. The number of hydrogen-bond acceptors (Lipinski definition) is 4. The summed E-state index contributed by atoms with van der Waals surface area (Å²) in [5.41, 5.74) is -0.0376. The number of ether oxygens (including phenoxy) is 1. The normalized spacial score (nSPS) is 24.0. The molecular weight excluding hydrogens is 322 g/mol. The van der Waals surface area contributed by atoms with Crippen LogP contribution in [0.15, 0.2) is 24.3 Å². The van der Waals surface area contributed by atoms with E-state index >= 15 is 0 Å². The summed E-state index contributed by atoms with van der Waals surface area (Å²) < 4.78 is 5.30. The van der Waals surface area contributed by atoms with E-state index in [4.69, 9.17) is 4.74 Å². The molecule has 1 saturated heterocycles. The van der Waals surface area contributed by atoms with Crippen molar-refractivity contribution in [2.24, 2.45) is 5.92 Å². The van der Waals surface area contributed by atoms with E-state index in [0.29, 0.717) is 5.75 Å². The Kier molecular flexibility index (Phi) is 4.41. The van der Waals surface area contributed by atoms with Crippen molar-refractivity contribution in [1.82, 2.24) is 15.5 Å². The van der Waals surface area contributed by atoms with Gasteiger partial charge in [0.2, 0.25) is 5.91 Å². The van der Waals surface area contributed by atoms with Crippen molar-refractivity contribution < 1.29 is 19.1 Å². The predicted octanol–water partition coefficient (Wildman–Crippen LogP) is 1.59. The molecule has 1 heterocycles. The standard InChI is InChI=1S/C18H23N3O4/c1-11(13-6-4-5-7-14(13)25-3)19-15(22)10-21-16(23)18(2,12-8-9-12)20-17(21)24/h4-7,11-12H,8-10H2,1-3H3,(H,19,22)(H,20,24)/t11-,18+/m0/s1. The summed E-state index contributed by atoms with van der Waals surface area (Å²) in [6.45, 7) is 3.28. The minimum Gasteiger partial charge on any atom is -0.496 e. The summed E-state index contributed by atoms with van der Waals surface area (Å²) in [4.78, 5) is 38.0. The molecule has 0 aromatic heterocycles. The van der Waals surface area contributed by atoms with Crippen LogP contribution in [0.3, 0.4) is 0 Å². The van der Waals surface area contributed by atoms with E-state index in [1.54, 1.807) is 14.0 Å². The van der Waals surface area contributed by atoms with Crippen molar-refractivity contribution in [3.05, 3.63) is 29.8 Å². The van der Waals surface area contributed by atoms with E-state index in [0.717, 1.165) is 23.3 Å². The zero-order valence-electron chi connectivity index (χ0n) is 14.7. The van der Waals surface area contributed by atoms with Crippen molar-refractivity contribution in [2.75, 3.05) is 13.7 Å². The molecule has 0 unspecified atom stereocenters. The zero-order valence-corrected chi connectivity index (χ0v) is 14.7. The molecule has 1 aromatic carbocycles. The van der Waals surface area contributed by atoms with Crippen LogP contribution >= 0.6 is 0 Å². The first-order valence-corrected chi connectivity index (χ1v) is 8.43. The third-order valence-corrected chi connectivity index (χ3v) is 4.98. The molecule has 134 valence electrons. The Hall–Kier alpha value is -2.57. The zero-order chi connectivity index (χ0) is 18.2. The maximum atomic E-state index is 12.6. The van der Waals surface area contributed by atoms with Crippen LogP contribution in [0, 0.1) is 5.92 Å². The lowest BCUT2D eigenvalue weighted by Gasteiger charge is -2.21. The van der Waals surface area contributed by atoms with Crippen LogP contribution in [0.1, 0.15) is 38.3 Å². The van der Waals surface area contributed by atoms with Crippen LogP contribution in [0.4, 0.5) is 4.79 Å². The minimum atomic E-state index is -0.869. The fraction of sp³-hybridized carbons (Fsp3) is 0.500. The first-order valence-electron chi connectivity index (χ1n) is 8.43. The fourth-order valence-electron chi connectivity index (χ4n) is 3.33. The van der Waals surface area contributed by atoms with Gasteiger partial charge in [-0.3, -0.25) is 14.5 Å². The van der Waals surface area contributed by atoms with Crippen LogP contribution in [0.25, 0.3) is 0 Å². The number of carbonyl (C=O) groups excluding carboxylic acids is 3. The summed E-state index contributed by atoms with van der Waals surface area (Å²) in [6.07, 6.45) is 1.85. The first kappa shape index (κ1) is 17.3. The monoisotopic (exact) mass is 345 g/mol. The van der Waals surface area contributed by atoms with Gasteiger partial charge in [-0.05, 0) is 38.7 Å². The molecule has 7 nitrogen and oxygen atoms in total. The third kappa shape index (κ3) is 3.18. The predicted molar refractivity (Wildman–Crippen MR) is 90.9 cm³/mol. The molecule has 0 radical (unpaired) electrons. The highest BCUT2D eigenvalue weighted by Gasteiger charge is 2.56. The van der Waals surface area contributed by atoms with Gasteiger partial charge in [-0.1, -0.05) is 18.2 Å². The Morgan fingerprint density at radius 2 is 2.08 bits per heavy atom. The third-order valence-electron chi connectivity index (χ3n) is 4.98. The maximum Gasteiger partial charge on any atom is 0.325 e. The van der Waals surface area contributed by atoms with Crippen LogP contribution in [0.2, 0.25) is 0 Å². The van der Waals surface area contributed by atoms with Gasteiger partial charge in [0.25, 0.3) is 5.91 Å². The topological polar surface area (TPSA) is 87.7 Å². The van der Waals surface area contributed by atoms with E-state index in [1.165, 1.54) is 0 Å². The quantitative estimate of drug-likeness (QED) is 0.767. The first-order chi connectivity index (χ1) is 11.9. The SMILES string of the molecule is COc1ccccc1[C@H](C)NC(=O)CN1C(=O)N[C@](C)(C2CC2)C1=O. The fourth-order valence-corrected chi connectivity index (χ4v) is 3.33. The van der Waals surface area contributed by atoms with Gasteiger partial charge in [-0.15, -0.1) is 0 Å². The Bertz CT molecular complexity index is 716. The van der Waals surface area contributed by atoms with Gasteiger partial charge >= 0.3 is 6.03 Å². The number of rotatable bonds is 6. The van der Waals surface area contributed by atoms with Gasteiger partial charge in [0.15, 0.2) is 0 Å². The molecular formula is C18H23N3O4. The van der Waals surface area contributed by atoms with Crippen molar-refractivity contribution in [2.45, 2.75) is 38.3 Å². The molecule has 2 atom stereocenters. The van der Waals surface area contributed by atoms with E-state index < -0.39 is 11.6 Å². The molecule has 1 aliphatic carbocycles. The van der Waals surface area contributed by atoms with E-state index in [2.05, 4.69) is 10.6 Å². The molecule has 4 amide bonds. The Morgan fingerprint density at radius 3 is 2.72 bits per heavy atom. The molecule has 3 rings (SSSR count). The Labute approximate surface area is 146 Å². The number of para-hydroxylation sites is 1. The Balaban J connectivity index is 1.64. The molecule has 0 spiro atoms. The molecule has 7 heteroatoms. The largest absolute Gasteiger partial charge is 0.496 e. The minimum absolute atomic E-state index is 0.171. The average Bonchev–Trinajstić information content (AvgIpc) is 3.41. The molecule has 1 aliphatic heterocycles. The van der Waals surface area contributed by atoms with E-state index in [1.807, 2.05) is 31.2 Å². The van der Waals surface area contributed by atoms with Gasteiger partial charge in [0.05, 0.1) is 13.2 Å². The van der Waals surface area contributed by atoms with Crippen molar-refractivity contribution in [3.8, 4) is 5.75 Å². The second-order valence-electron chi connectivity index (χ2n) is 6.83. The van der Waals surface area contributed by atoms with Crippen LogP contribution < -0.4 is 15.4 Å². The number of carbonyl (C=O) groups is 3. The highest BCUT2D eigenvalue weighted by atomic mass is 16.5. The molecule has 1 saturated carbocycles. The lowest BCUT2D eigenvalue weighted by molar-refractivity contribution is -0.135. The van der Waals surface area contributed by atoms with Crippen molar-refractivity contribution in [1.29, 1.82) is 0 Å². The second kappa shape index (κ2) is 6.38. The number of benzene rings is 1. The Morgan fingerprint density at radius 1 is 1.40 bits per heavy atom. The van der Waals surface area contributed by atoms with Gasteiger partial charge in [0, 0.05) is 5.56 Å². The van der Waals surface area contributed by atoms with Gasteiger partial charge in [-0.2, -0.15) is 0 Å². The van der Waals surface area contributed by atoms with Crippen LogP contribution in [0.5, 0.6) is 5.75 Å². The lowest BCUT2D eigenvalue weighted by Crippen LogP contribution is -2.47. The maximum absolute atomic E-state index is 12.6. The van der Waals surface area contributed by atoms with Gasteiger partial charge < -0.3 is 15.4 Å². The number of methoxy groups -OCH3 is 1. The summed E-state index contributed by atoms with van der Waals surface area (Å²) in [5, 5.41) is 5.56. The van der Waals surface area contributed by atoms with Gasteiger partial charge in [-0.25, -0.2) is 4.79 Å². The number of hydrogen-bond donors (Lipinski definition) is 2. The summed E-state index contributed by atoms with van der Waals surface area (Å²) >= 11 is 0. The molecule has 2 fully saturated rings. The number of urea groups is 1. The van der Waals surface area contributed by atoms with Gasteiger partial charge in [0.1, 0.15) is 17.8 Å². The van der Waals surface area contributed by atoms with Crippen molar-refractivity contribution in [3.63, 3.8) is 0 Å². The van der Waals surface area contributed by atoms with E-state index in [9.17, 15) is 14.4 Å². The number of imide groups is 1. The molecule has 1 aromatic rings. The second-order valence-corrected chi connectivity index (χ2v) is 6.83. The number of nitrogens with one attached hydrogen (secondary N) is 2. The smallest absolute Gasteiger partial charge is 0.325 e. The summed E-state index contributed by atoms with van der Waals surface area (Å²) in [7, 11) is 1.57.